The fourth-order valence-electron chi connectivity index (χ4n) is 1.73. The number of benzene rings is 1. The highest BCUT2D eigenvalue weighted by Crippen LogP contribution is 2.31. The fourth-order valence-corrected chi connectivity index (χ4v) is 2.22. The zero-order valence-corrected chi connectivity index (χ0v) is 13.9. The molecule has 1 aromatic carbocycles. The lowest BCUT2D eigenvalue weighted by Crippen LogP contribution is -2.26. The van der Waals surface area contributed by atoms with Crippen LogP contribution >= 0.6 is 23.2 Å². The Labute approximate surface area is 131 Å². The van der Waals surface area contributed by atoms with E-state index in [0.29, 0.717) is 41.7 Å². The molecule has 0 fully saturated rings. The monoisotopic (exact) mass is 319 g/mol. The molecular weight excluding hydrogens is 297 g/mol. The first kappa shape index (κ1) is 17.6. The topological polar surface area (TPSA) is 30.5 Å². The first-order valence-electron chi connectivity index (χ1n) is 6.96. The summed E-state index contributed by atoms with van der Waals surface area (Å²) in [6, 6.07) is 4.10. The van der Waals surface area contributed by atoms with E-state index in [1.54, 1.807) is 6.07 Å². The van der Waals surface area contributed by atoms with Crippen molar-refractivity contribution in [3.63, 3.8) is 0 Å². The normalized spacial score (nSPS) is 11.1. The zero-order chi connectivity index (χ0) is 15.0. The minimum absolute atomic E-state index is 0.484. The first-order valence-corrected chi connectivity index (χ1v) is 7.72. The van der Waals surface area contributed by atoms with Gasteiger partial charge in [-0.1, -0.05) is 37.0 Å². The molecule has 0 saturated heterocycles. The van der Waals surface area contributed by atoms with Gasteiger partial charge in [0, 0.05) is 23.7 Å². The lowest BCUT2D eigenvalue weighted by molar-refractivity contribution is 0.137. The lowest BCUT2D eigenvalue weighted by Gasteiger charge is -2.11. The third-order valence-electron chi connectivity index (χ3n) is 2.72. The fraction of sp³-hybridized carbons (Fsp3) is 0.600. The molecule has 0 unspecified atom stereocenters. The van der Waals surface area contributed by atoms with Crippen molar-refractivity contribution in [1.82, 2.24) is 5.32 Å². The molecule has 3 nitrogen and oxygen atoms in total. The Morgan fingerprint density at radius 3 is 2.55 bits per heavy atom. The van der Waals surface area contributed by atoms with Crippen LogP contribution in [0.4, 0.5) is 0 Å². The Bertz CT molecular complexity index is 411. The molecule has 1 N–H and O–H groups in total. The summed E-state index contributed by atoms with van der Waals surface area (Å²) in [4.78, 5) is 0. The van der Waals surface area contributed by atoms with Crippen molar-refractivity contribution in [2.75, 3.05) is 26.4 Å². The SMILES string of the molecule is CCOc1cc(Cl)c(CCOCCNC(C)C)cc1Cl. The molecule has 0 aliphatic heterocycles. The summed E-state index contributed by atoms with van der Waals surface area (Å²) in [7, 11) is 0. The van der Waals surface area contributed by atoms with Crippen molar-refractivity contribution < 1.29 is 9.47 Å². The Balaban J connectivity index is 2.38. The van der Waals surface area contributed by atoms with E-state index >= 15 is 0 Å². The van der Waals surface area contributed by atoms with Gasteiger partial charge in [-0.15, -0.1) is 0 Å². The number of hydrogen-bond donors (Lipinski definition) is 1. The maximum absolute atomic E-state index is 6.21. The summed E-state index contributed by atoms with van der Waals surface area (Å²) in [6.45, 7) is 8.89. The lowest BCUT2D eigenvalue weighted by atomic mass is 10.1. The quantitative estimate of drug-likeness (QED) is 0.699. The van der Waals surface area contributed by atoms with Crippen LogP contribution in [0.3, 0.4) is 0 Å². The number of hydrogen-bond acceptors (Lipinski definition) is 3. The zero-order valence-electron chi connectivity index (χ0n) is 12.3. The summed E-state index contributed by atoms with van der Waals surface area (Å²) in [5.41, 5.74) is 0.983. The van der Waals surface area contributed by atoms with Gasteiger partial charge < -0.3 is 14.8 Å². The summed E-state index contributed by atoms with van der Waals surface area (Å²) in [5, 5.41) is 4.56. The molecule has 0 aliphatic rings. The summed E-state index contributed by atoms with van der Waals surface area (Å²) in [6.07, 6.45) is 0.743. The highest BCUT2D eigenvalue weighted by molar-refractivity contribution is 6.34. The second-order valence-corrected chi connectivity index (χ2v) is 5.59. The maximum atomic E-state index is 6.21. The van der Waals surface area contributed by atoms with Gasteiger partial charge in [-0.3, -0.25) is 0 Å². The largest absolute Gasteiger partial charge is 0.492 e. The molecule has 0 spiro atoms. The van der Waals surface area contributed by atoms with E-state index in [2.05, 4.69) is 19.2 Å². The Hall–Kier alpha value is -0.480. The van der Waals surface area contributed by atoms with E-state index in [9.17, 15) is 0 Å². The highest BCUT2D eigenvalue weighted by atomic mass is 35.5. The van der Waals surface area contributed by atoms with Crippen molar-refractivity contribution in [1.29, 1.82) is 0 Å². The summed E-state index contributed by atoms with van der Waals surface area (Å²) in [5.74, 6) is 0.630. The molecule has 0 aliphatic carbocycles. The van der Waals surface area contributed by atoms with Gasteiger partial charge >= 0.3 is 0 Å². The molecule has 114 valence electrons. The van der Waals surface area contributed by atoms with E-state index in [1.807, 2.05) is 13.0 Å². The minimum Gasteiger partial charge on any atom is -0.492 e. The maximum Gasteiger partial charge on any atom is 0.139 e. The van der Waals surface area contributed by atoms with Gasteiger partial charge in [0.2, 0.25) is 0 Å². The highest BCUT2D eigenvalue weighted by Gasteiger charge is 2.08. The van der Waals surface area contributed by atoms with Crippen LogP contribution in [0, 0.1) is 0 Å². The van der Waals surface area contributed by atoms with Gasteiger partial charge in [-0.25, -0.2) is 0 Å². The standard InChI is InChI=1S/C15H23Cl2NO2/c1-4-20-15-10-13(16)12(9-14(15)17)5-7-19-8-6-18-11(2)3/h9-11,18H,4-8H2,1-3H3. The van der Waals surface area contributed by atoms with Gasteiger partial charge in [-0.2, -0.15) is 0 Å². The van der Waals surface area contributed by atoms with Crippen LogP contribution in [0.15, 0.2) is 12.1 Å². The van der Waals surface area contributed by atoms with E-state index in [0.717, 1.165) is 18.5 Å². The predicted octanol–water partition coefficient (Wildman–Crippen LogP) is 3.95. The molecule has 5 heteroatoms. The molecule has 1 rings (SSSR count). The number of rotatable bonds is 9. The average Bonchev–Trinajstić information content (AvgIpc) is 2.38. The van der Waals surface area contributed by atoms with E-state index in [1.165, 1.54) is 0 Å². The third-order valence-corrected chi connectivity index (χ3v) is 3.36. The predicted molar refractivity (Wildman–Crippen MR) is 85.3 cm³/mol. The third kappa shape index (κ3) is 6.31. The van der Waals surface area contributed by atoms with Crippen molar-refractivity contribution in [3.8, 4) is 5.75 Å². The second kappa shape index (κ2) is 9.46. The van der Waals surface area contributed by atoms with Crippen molar-refractivity contribution >= 4 is 23.2 Å². The number of halogens is 2. The molecule has 0 saturated carbocycles. The molecule has 1 aromatic rings. The van der Waals surface area contributed by atoms with Crippen LogP contribution in [0.25, 0.3) is 0 Å². The molecular formula is C15H23Cl2NO2. The van der Waals surface area contributed by atoms with Crippen molar-refractivity contribution in [2.24, 2.45) is 0 Å². The van der Waals surface area contributed by atoms with Gasteiger partial charge in [0.1, 0.15) is 5.75 Å². The molecule has 0 bridgehead atoms. The average molecular weight is 320 g/mol. The van der Waals surface area contributed by atoms with Crippen LogP contribution in [0.5, 0.6) is 5.75 Å². The van der Waals surface area contributed by atoms with E-state index < -0.39 is 0 Å². The molecule has 0 radical (unpaired) electrons. The van der Waals surface area contributed by atoms with Gasteiger partial charge in [-0.05, 0) is 25.0 Å². The molecule has 0 heterocycles. The van der Waals surface area contributed by atoms with Gasteiger partial charge in [0.25, 0.3) is 0 Å². The van der Waals surface area contributed by atoms with E-state index in [-0.39, 0.29) is 0 Å². The first-order chi connectivity index (χ1) is 9.54. The van der Waals surface area contributed by atoms with Crippen molar-refractivity contribution in [3.05, 3.63) is 27.7 Å². The Kier molecular flexibility index (Phi) is 8.31. The van der Waals surface area contributed by atoms with E-state index in [4.69, 9.17) is 32.7 Å². The molecule has 0 amide bonds. The summed E-state index contributed by atoms with van der Waals surface area (Å²) >= 11 is 12.4. The van der Waals surface area contributed by atoms with Gasteiger partial charge in [0.05, 0.1) is 24.8 Å². The molecule has 0 aromatic heterocycles. The van der Waals surface area contributed by atoms with Crippen LogP contribution in [0.1, 0.15) is 26.3 Å². The van der Waals surface area contributed by atoms with Crippen LogP contribution in [-0.4, -0.2) is 32.4 Å². The molecule has 0 atom stereocenters. The van der Waals surface area contributed by atoms with Gasteiger partial charge in [0.15, 0.2) is 0 Å². The number of nitrogens with one attached hydrogen (secondary N) is 1. The second-order valence-electron chi connectivity index (χ2n) is 4.78. The molecule has 20 heavy (non-hydrogen) atoms. The number of ether oxygens (including phenoxy) is 2. The Morgan fingerprint density at radius 2 is 1.90 bits per heavy atom. The minimum atomic E-state index is 0.484. The van der Waals surface area contributed by atoms with Crippen LogP contribution < -0.4 is 10.1 Å². The van der Waals surface area contributed by atoms with Crippen molar-refractivity contribution in [2.45, 2.75) is 33.2 Å². The summed E-state index contributed by atoms with van der Waals surface area (Å²) < 4.78 is 11.0. The van der Waals surface area contributed by atoms with Crippen LogP contribution in [0.2, 0.25) is 10.0 Å². The Morgan fingerprint density at radius 1 is 1.15 bits per heavy atom. The smallest absolute Gasteiger partial charge is 0.139 e. The van der Waals surface area contributed by atoms with Crippen LogP contribution in [-0.2, 0) is 11.2 Å².